The number of carbonyl (C=O) groups excluding carboxylic acids is 1. The standard InChI is InChI=1S/C13H14FN3O3/c14-9-2-1-3-10-12(9)15-11(18)6-8-7-16(13(19)20)4-5-17(8)10/h1-3,8H,4-7H2,(H,15,18)(H,19,20). The predicted molar refractivity (Wildman–Crippen MR) is 70.4 cm³/mol. The Morgan fingerprint density at radius 3 is 2.95 bits per heavy atom. The van der Waals surface area contributed by atoms with E-state index in [-0.39, 0.29) is 30.6 Å². The number of carbonyl (C=O) groups is 2. The first-order valence-electron chi connectivity index (χ1n) is 6.39. The Kier molecular flexibility index (Phi) is 2.96. The van der Waals surface area contributed by atoms with Crippen molar-refractivity contribution < 1.29 is 19.1 Å². The molecule has 1 fully saturated rings. The lowest BCUT2D eigenvalue weighted by Crippen LogP contribution is -2.54. The summed E-state index contributed by atoms with van der Waals surface area (Å²) in [5.41, 5.74) is 0.801. The van der Waals surface area contributed by atoms with E-state index in [1.165, 1.54) is 11.0 Å². The van der Waals surface area contributed by atoms with Crippen molar-refractivity contribution in [2.45, 2.75) is 12.5 Å². The molecule has 7 heteroatoms. The highest BCUT2D eigenvalue weighted by Crippen LogP contribution is 2.34. The van der Waals surface area contributed by atoms with Gasteiger partial charge >= 0.3 is 6.09 Å². The van der Waals surface area contributed by atoms with Gasteiger partial charge in [-0.1, -0.05) is 6.07 Å². The number of anilines is 2. The van der Waals surface area contributed by atoms with Gasteiger partial charge in [-0.2, -0.15) is 0 Å². The van der Waals surface area contributed by atoms with Crippen LogP contribution in [-0.2, 0) is 4.79 Å². The number of hydrogen-bond acceptors (Lipinski definition) is 3. The molecule has 2 N–H and O–H groups in total. The topological polar surface area (TPSA) is 72.9 Å². The van der Waals surface area contributed by atoms with Gasteiger partial charge in [0, 0.05) is 26.1 Å². The van der Waals surface area contributed by atoms with Crippen LogP contribution in [0.15, 0.2) is 18.2 Å². The third-order valence-electron chi connectivity index (χ3n) is 3.74. The van der Waals surface area contributed by atoms with Crippen molar-refractivity contribution in [3.63, 3.8) is 0 Å². The van der Waals surface area contributed by atoms with Crippen LogP contribution in [0.5, 0.6) is 0 Å². The van der Waals surface area contributed by atoms with E-state index in [0.717, 1.165) is 0 Å². The number of fused-ring (bicyclic) bond motifs is 3. The molecule has 3 rings (SSSR count). The fraction of sp³-hybridized carbons (Fsp3) is 0.385. The van der Waals surface area contributed by atoms with Gasteiger partial charge in [0.25, 0.3) is 0 Å². The number of carboxylic acid groups (broad SMARTS) is 1. The van der Waals surface area contributed by atoms with E-state index in [2.05, 4.69) is 5.32 Å². The summed E-state index contributed by atoms with van der Waals surface area (Å²) in [6.45, 7) is 1.04. The molecule has 0 bridgehead atoms. The number of halogens is 1. The quantitative estimate of drug-likeness (QED) is 0.751. The van der Waals surface area contributed by atoms with Crippen molar-refractivity contribution in [1.29, 1.82) is 0 Å². The number of rotatable bonds is 0. The lowest BCUT2D eigenvalue weighted by molar-refractivity contribution is -0.116. The van der Waals surface area contributed by atoms with Gasteiger partial charge in [0.05, 0.1) is 11.7 Å². The third kappa shape index (κ3) is 2.04. The van der Waals surface area contributed by atoms with Crippen LogP contribution in [0.3, 0.4) is 0 Å². The van der Waals surface area contributed by atoms with Gasteiger partial charge in [-0.05, 0) is 12.1 Å². The first-order valence-corrected chi connectivity index (χ1v) is 6.39. The molecule has 1 aromatic carbocycles. The zero-order valence-corrected chi connectivity index (χ0v) is 10.7. The number of nitrogens with one attached hydrogen (secondary N) is 1. The molecule has 6 nitrogen and oxygen atoms in total. The molecule has 1 aromatic rings. The van der Waals surface area contributed by atoms with Crippen molar-refractivity contribution >= 4 is 23.4 Å². The maximum atomic E-state index is 13.8. The highest BCUT2D eigenvalue weighted by molar-refractivity contribution is 5.97. The summed E-state index contributed by atoms with van der Waals surface area (Å²) in [6.07, 6.45) is -0.841. The minimum absolute atomic E-state index is 0.151. The summed E-state index contributed by atoms with van der Waals surface area (Å²) < 4.78 is 13.8. The lowest BCUT2D eigenvalue weighted by atomic mass is 10.1. The van der Waals surface area contributed by atoms with Gasteiger partial charge in [0.2, 0.25) is 5.91 Å². The summed E-state index contributed by atoms with van der Waals surface area (Å²) in [6, 6.07) is 4.37. The molecule has 0 aliphatic carbocycles. The van der Waals surface area contributed by atoms with Crippen LogP contribution in [-0.4, -0.2) is 47.7 Å². The van der Waals surface area contributed by atoms with Gasteiger partial charge < -0.3 is 20.2 Å². The van der Waals surface area contributed by atoms with Crippen molar-refractivity contribution in [2.75, 3.05) is 29.9 Å². The minimum Gasteiger partial charge on any atom is -0.465 e. The highest BCUT2D eigenvalue weighted by Gasteiger charge is 2.35. The highest BCUT2D eigenvalue weighted by atomic mass is 19.1. The van der Waals surface area contributed by atoms with E-state index in [1.54, 1.807) is 12.1 Å². The number of piperazine rings is 1. The number of benzene rings is 1. The zero-order chi connectivity index (χ0) is 14.3. The lowest BCUT2D eigenvalue weighted by Gasteiger charge is -2.40. The number of nitrogens with zero attached hydrogens (tertiary/aromatic N) is 2. The van der Waals surface area contributed by atoms with Gasteiger partial charge in [-0.15, -0.1) is 0 Å². The number of hydrogen-bond donors (Lipinski definition) is 2. The van der Waals surface area contributed by atoms with Gasteiger partial charge in [0.15, 0.2) is 0 Å². The average molecular weight is 279 g/mol. The van der Waals surface area contributed by atoms with Crippen molar-refractivity contribution in [2.24, 2.45) is 0 Å². The number of amides is 2. The summed E-state index contributed by atoms with van der Waals surface area (Å²) in [4.78, 5) is 26.1. The Balaban J connectivity index is 1.98. The largest absolute Gasteiger partial charge is 0.465 e. The van der Waals surface area contributed by atoms with E-state index in [0.29, 0.717) is 18.8 Å². The monoisotopic (exact) mass is 279 g/mol. The normalized spacial score (nSPS) is 21.6. The first kappa shape index (κ1) is 12.7. The summed E-state index contributed by atoms with van der Waals surface area (Å²) in [5, 5.41) is 11.6. The van der Waals surface area contributed by atoms with Crippen LogP contribution in [0.25, 0.3) is 0 Å². The molecule has 2 aliphatic rings. The van der Waals surface area contributed by atoms with Gasteiger partial charge in [-0.25, -0.2) is 9.18 Å². The molecule has 1 atom stereocenters. The second kappa shape index (κ2) is 4.66. The van der Waals surface area contributed by atoms with Crippen LogP contribution in [0.4, 0.5) is 20.6 Å². The molecular weight excluding hydrogens is 265 g/mol. The molecule has 1 saturated heterocycles. The molecule has 2 amide bonds. The molecular formula is C13H14FN3O3. The van der Waals surface area contributed by atoms with Crippen molar-refractivity contribution in [3.8, 4) is 0 Å². The van der Waals surface area contributed by atoms with E-state index >= 15 is 0 Å². The fourth-order valence-electron chi connectivity index (χ4n) is 2.80. The van der Waals surface area contributed by atoms with Crippen LogP contribution in [0.1, 0.15) is 6.42 Å². The Bertz CT molecular complexity index is 578. The minimum atomic E-state index is -0.992. The Hall–Kier alpha value is -2.31. The maximum absolute atomic E-state index is 13.8. The second-order valence-electron chi connectivity index (χ2n) is 4.96. The van der Waals surface area contributed by atoms with Gasteiger partial charge in [0.1, 0.15) is 11.5 Å². The van der Waals surface area contributed by atoms with Crippen LogP contribution in [0, 0.1) is 5.82 Å². The zero-order valence-electron chi connectivity index (χ0n) is 10.7. The van der Waals surface area contributed by atoms with E-state index < -0.39 is 11.9 Å². The molecule has 1 unspecified atom stereocenters. The Labute approximate surface area is 114 Å². The SMILES string of the molecule is O=C1CC2CN(C(=O)O)CCN2c2cccc(F)c2N1. The van der Waals surface area contributed by atoms with Crippen molar-refractivity contribution in [3.05, 3.63) is 24.0 Å². The van der Waals surface area contributed by atoms with Gasteiger partial charge in [-0.3, -0.25) is 4.79 Å². The summed E-state index contributed by atoms with van der Waals surface area (Å²) >= 11 is 0. The first-order chi connectivity index (χ1) is 9.56. The van der Waals surface area contributed by atoms with Crippen molar-refractivity contribution in [1.82, 2.24) is 4.90 Å². The smallest absolute Gasteiger partial charge is 0.407 e. The molecule has 0 saturated carbocycles. The van der Waals surface area contributed by atoms with E-state index in [1.807, 2.05) is 4.90 Å². The fourth-order valence-corrected chi connectivity index (χ4v) is 2.80. The van der Waals surface area contributed by atoms with E-state index in [9.17, 15) is 14.0 Å². The predicted octanol–water partition coefficient (Wildman–Crippen LogP) is 1.34. The van der Waals surface area contributed by atoms with Crippen LogP contribution < -0.4 is 10.2 Å². The molecule has 0 radical (unpaired) electrons. The Morgan fingerprint density at radius 2 is 2.20 bits per heavy atom. The van der Waals surface area contributed by atoms with Crippen LogP contribution >= 0.6 is 0 Å². The molecule has 0 aromatic heterocycles. The average Bonchev–Trinajstić information content (AvgIpc) is 2.55. The molecule has 20 heavy (non-hydrogen) atoms. The van der Waals surface area contributed by atoms with Crippen LogP contribution in [0.2, 0.25) is 0 Å². The Morgan fingerprint density at radius 1 is 1.40 bits per heavy atom. The molecule has 106 valence electrons. The maximum Gasteiger partial charge on any atom is 0.407 e. The molecule has 0 spiro atoms. The molecule has 2 heterocycles. The molecule has 2 aliphatic heterocycles. The summed E-state index contributed by atoms with van der Waals surface area (Å²) in [7, 11) is 0. The second-order valence-corrected chi connectivity index (χ2v) is 4.96. The van der Waals surface area contributed by atoms with E-state index in [4.69, 9.17) is 5.11 Å². The third-order valence-corrected chi connectivity index (χ3v) is 3.74. The number of para-hydroxylation sites is 1. The summed E-state index contributed by atoms with van der Waals surface area (Å²) in [5.74, 6) is -0.770.